The Balaban J connectivity index is 2.30. The van der Waals surface area contributed by atoms with Crippen molar-refractivity contribution in [2.24, 2.45) is 0 Å². The molecule has 0 radical (unpaired) electrons. The summed E-state index contributed by atoms with van der Waals surface area (Å²) in [6.45, 7) is 8.42. The maximum absolute atomic E-state index is 13.3. The normalized spacial score (nSPS) is 11.6. The number of halogens is 3. The number of hydrogen-bond acceptors (Lipinski definition) is 5. The van der Waals surface area contributed by atoms with Crippen molar-refractivity contribution in [1.29, 1.82) is 0 Å². The standard InChI is InChI=1S/C21H28F3N3O2/c1-5-7-8-13-28-19-18(21(22,23)24)14-25-20(26-19)27(6-2)16-9-11-17(12-10-16)29-15(3)4/h9-12,14-15H,5-8,13H2,1-4H3. The second-order valence-corrected chi connectivity index (χ2v) is 6.85. The van der Waals surface area contributed by atoms with E-state index in [-0.39, 0.29) is 18.7 Å². The Morgan fingerprint density at radius 2 is 1.76 bits per heavy atom. The van der Waals surface area contributed by atoms with Crippen LogP contribution in [0.15, 0.2) is 30.5 Å². The van der Waals surface area contributed by atoms with E-state index in [9.17, 15) is 13.2 Å². The summed E-state index contributed by atoms with van der Waals surface area (Å²) in [5.74, 6) is 0.438. The van der Waals surface area contributed by atoms with Gasteiger partial charge < -0.3 is 14.4 Å². The number of alkyl halides is 3. The Bertz CT molecular complexity index is 765. The van der Waals surface area contributed by atoms with Crippen molar-refractivity contribution in [1.82, 2.24) is 9.97 Å². The number of rotatable bonds is 10. The smallest absolute Gasteiger partial charge is 0.423 e. The molecule has 0 amide bonds. The van der Waals surface area contributed by atoms with Crippen molar-refractivity contribution in [3.63, 3.8) is 0 Å². The fourth-order valence-electron chi connectivity index (χ4n) is 2.73. The number of benzene rings is 1. The molecule has 5 nitrogen and oxygen atoms in total. The van der Waals surface area contributed by atoms with E-state index in [0.29, 0.717) is 18.7 Å². The van der Waals surface area contributed by atoms with E-state index in [1.807, 2.05) is 52.0 Å². The highest BCUT2D eigenvalue weighted by molar-refractivity contribution is 5.58. The highest BCUT2D eigenvalue weighted by atomic mass is 19.4. The van der Waals surface area contributed by atoms with E-state index in [4.69, 9.17) is 9.47 Å². The quantitative estimate of drug-likeness (QED) is 0.448. The average molecular weight is 411 g/mol. The first-order valence-electron chi connectivity index (χ1n) is 9.87. The molecule has 2 rings (SSSR count). The van der Waals surface area contributed by atoms with Crippen molar-refractivity contribution < 1.29 is 22.6 Å². The van der Waals surface area contributed by atoms with Crippen molar-refractivity contribution >= 4 is 11.6 Å². The minimum Gasteiger partial charge on any atom is -0.491 e. The SMILES string of the molecule is CCCCCOc1nc(N(CC)c2ccc(OC(C)C)cc2)ncc1C(F)(F)F. The third-order valence-corrected chi connectivity index (χ3v) is 4.11. The summed E-state index contributed by atoms with van der Waals surface area (Å²) in [7, 11) is 0. The third-order valence-electron chi connectivity index (χ3n) is 4.11. The van der Waals surface area contributed by atoms with Gasteiger partial charge in [0, 0.05) is 18.4 Å². The third kappa shape index (κ3) is 6.51. The summed E-state index contributed by atoms with van der Waals surface area (Å²) in [6, 6.07) is 7.27. The molecule has 0 aliphatic heterocycles. The summed E-state index contributed by atoms with van der Waals surface area (Å²) < 4.78 is 51.0. The number of nitrogens with zero attached hydrogens (tertiary/aromatic N) is 3. The van der Waals surface area contributed by atoms with Crippen LogP contribution in [0.25, 0.3) is 0 Å². The van der Waals surface area contributed by atoms with Gasteiger partial charge in [0.05, 0.1) is 12.7 Å². The summed E-state index contributed by atoms with van der Waals surface area (Å²) >= 11 is 0. The predicted molar refractivity (Wildman–Crippen MR) is 107 cm³/mol. The maximum Gasteiger partial charge on any atom is 0.423 e. The van der Waals surface area contributed by atoms with Crippen LogP contribution in [-0.2, 0) is 6.18 Å². The molecule has 0 unspecified atom stereocenters. The lowest BCUT2D eigenvalue weighted by molar-refractivity contribution is -0.139. The first kappa shape index (κ1) is 22.8. The molecule has 2 aromatic rings. The van der Waals surface area contributed by atoms with Crippen molar-refractivity contribution in [2.75, 3.05) is 18.1 Å². The molecule has 29 heavy (non-hydrogen) atoms. The van der Waals surface area contributed by atoms with Crippen LogP contribution in [0.2, 0.25) is 0 Å². The first-order valence-corrected chi connectivity index (χ1v) is 9.87. The van der Waals surface area contributed by atoms with Crippen LogP contribution >= 0.6 is 0 Å². The molecule has 1 aromatic carbocycles. The molecular formula is C21H28F3N3O2. The van der Waals surface area contributed by atoms with Crippen molar-refractivity contribution in [3.05, 3.63) is 36.0 Å². The van der Waals surface area contributed by atoms with E-state index in [1.54, 1.807) is 4.90 Å². The molecule has 0 atom stereocenters. The van der Waals surface area contributed by atoms with Gasteiger partial charge in [-0.2, -0.15) is 18.2 Å². The fraction of sp³-hybridized carbons (Fsp3) is 0.524. The molecule has 0 aliphatic rings. The number of ether oxygens (including phenoxy) is 2. The van der Waals surface area contributed by atoms with Crippen LogP contribution in [0.4, 0.5) is 24.8 Å². The summed E-state index contributed by atoms with van der Waals surface area (Å²) in [5.41, 5.74) is -0.213. The zero-order chi connectivity index (χ0) is 21.4. The molecule has 1 heterocycles. The Hall–Kier alpha value is -2.51. The van der Waals surface area contributed by atoms with Crippen LogP contribution in [0, 0.1) is 0 Å². The first-order chi connectivity index (χ1) is 13.8. The van der Waals surface area contributed by atoms with E-state index < -0.39 is 17.6 Å². The fourth-order valence-corrected chi connectivity index (χ4v) is 2.73. The molecule has 1 aromatic heterocycles. The molecule has 0 N–H and O–H groups in total. The van der Waals surface area contributed by atoms with Gasteiger partial charge in [0.2, 0.25) is 11.8 Å². The van der Waals surface area contributed by atoms with Gasteiger partial charge in [-0.1, -0.05) is 19.8 Å². The van der Waals surface area contributed by atoms with Crippen molar-refractivity contribution in [2.45, 2.75) is 59.2 Å². The summed E-state index contributed by atoms with van der Waals surface area (Å²) in [5, 5.41) is 0. The number of hydrogen-bond donors (Lipinski definition) is 0. The summed E-state index contributed by atoms with van der Waals surface area (Å²) in [6.07, 6.45) is -1.24. The van der Waals surface area contributed by atoms with Crippen molar-refractivity contribution in [3.8, 4) is 11.6 Å². The second kappa shape index (κ2) is 10.3. The largest absolute Gasteiger partial charge is 0.491 e. The van der Waals surface area contributed by atoms with Crippen LogP contribution in [0.1, 0.15) is 52.5 Å². The van der Waals surface area contributed by atoms with Gasteiger partial charge in [0.1, 0.15) is 11.3 Å². The molecule has 0 fully saturated rings. The molecular weight excluding hydrogens is 383 g/mol. The van der Waals surface area contributed by atoms with Crippen LogP contribution in [-0.4, -0.2) is 29.2 Å². The van der Waals surface area contributed by atoms with E-state index >= 15 is 0 Å². The van der Waals surface area contributed by atoms with Gasteiger partial charge in [-0.15, -0.1) is 0 Å². The van der Waals surface area contributed by atoms with Gasteiger partial charge in [0.15, 0.2) is 0 Å². The molecule has 160 valence electrons. The Morgan fingerprint density at radius 1 is 1.07 bits per heavy atom. The Labute approximate surface area is 169 Å². The van der Waals surface area contributed by atoms with Gasteiger partial charge in [-0.3, -0.25) is 0 Å². The van der Waals surface area contributed by atoms with E-state index in [0.717, 1.165) is 24.7 Å². The van der Waals surface area contributed by atoms with E-state index in [2.05, 4.69) is 9.97 Å². The maximum atomic E-state index is 13.3. The van der Waals surface area contributed by atoms with Crippen LogP contribution in [0.3, 0.4) is 0 Å². The van der Waals surface area contributed by atoms with E-state index in [1.165, 1.54) is 0 Å². The second-order valence-electron chi connectivity index (χ2n) is 6.85. The minimum absolute atomic E-state index is 0.0498. The molecule has 0 bridgehead atoms. The monoisotopic (exact) mass is 411 g/mol. The summed E-state index contributed by atoms with van der Waals surface area (Å²) in [4.78, 5) is 9.77. The van der Waals surface area contributed by atoms with Gasteiger partial charge in [-0.05, 0) is 51.5 Å². The predicted octanol–water partition coefficient (Wildman–Crippen LogP) is 6.01. The zero-order valence-electron chi connectivity index (χ0n) is 17.3. The lowest BCUT2D eigenvalue weighted by Gasteiger charge is -2.23. The number of anilines is 2. The highest BCUT2D eigenvalue weighted by Crippen LogP contribution is 2.36. The molecule has 0 spiro atoms. The van der Waals surface area contributed by atoms with Gasteiger partial charge in [-0.25, -0.2) is 4.98 Å². The molecule has 8 heteroatoms. The topological polar surface area (TPSA) is 47.5 Å². The zero-order valence-corrected chi connectivity index (χ0v) is 17.3. The highest BCUT2D eigenvalue weighted by Gasteiger charge is 2.36. The van der Waals surface area contributed by atoms with Crippen LogP contribution in [0.5, 0.6) is 11.6 Å². The Morgan fingerprint density at radius 3 is 2.31 bits per heavy atom. The van der Waals surface area contributed by atoms with Gasteiger partial charge >= 0.3 is 6.18 Å². The minimum atomic E-state index is -4.58. The number of aromatic nitrogens is 2. The number of unbranched alkanes of at least 4 members (excludes halogenated alkanes) is 2. The Kier molecular flexibility index (Phi) is 8.10. The van der Waals surface area contributed by atoms with Crippen LogP contribution < -0.4 is 14.4 Å². The molecule has 0 aliphatic carbocycles. The lowest BCUT2D eigenvalue weighted by Crippen LogP contribution is -2.21. The lowest BCUT2D eigenvalue weighted by atomic mass is 10.2. The molecule has 0 saturated heterocycles. The average Bonchev–Trinajstić information content (AvgIpc) is 2.66. The van der Waals surface area contributed by atoms with Gasteiger partial charge in [0.25, 0.3) is 0 Å². The molecule has 0 saturated carbocycles.